The Morgan fingerprint density at radius 3 is 2.56 bits per heavy atom. The summed E-state index contributed by atoms with van der Waals surface area (Å²) >= 11 is 0. The van der Waals surface area contributed by atoms with E-state index in [0.717, 1.165) is 29.8 Å². The van der Waals surface area contributed by atoms with Crippen LogP contribution in [0.3, 0.4) is 0 Å². The van der Waals surface area contributed by atoms with Crippen molar-refractivity contribution in [2.45, 2.75) is 45.4 Å². The fourth-order valence-corrected chi connectivity index (χ4v) is 3.40. The van der Waals surface area contributed by atoms with E-state index in [0.29, 0.717) is 26.2 Å². The number of anilines is 1. The average Bonchev–Trinajstić information content (AvgIpc) is 2.58. The van der Waals surface area contributed by atoms with Gasteiger partial charge in [0, 0.05) is 19.2 Å². The van der Waals surface area contributed by atoms with Crippen LogP contribution in [0.2, 0.25) is 0 Å². The van der Waals surface area contributed by atoms with E-state index < -0.39 is 0 Å². The van der Waals surface area contributed by atoms with Crippen molar-refractivity contribution in [1.82, 2.24) is 0 Å². The molecule has 1 aliphatic carbocycles. The summed E-state index contributed by atoms with van der Waals surface area (Å²) in [5, 5.41) is 3.04. The van der Waals surface area contributed by atoms with Crippen LogP contribution in [-0.4, -0.2) is 32.8 Å². The third-order valence-electron chi connectivity index (χ3n) is 4.91. The summed E-state index contributed by atoms with van der Waals surface area (Å²) in [6.07, 6.45) is 6.24. The smallest absolute Gasteiger partial charge is 0.224 e. The maximum absolute atomic E-state index is 12.5. The molecule has 5 nitrogen and oxygen atoms in total. The van der Waals surface area contributed by atoms with Crippen LogP contribution < -0.4 is 15.8 Å². The Hall–Kier alpha value is -1.30. The van der Waals surface area contributed by atoms with Crippen molar-refractivity contribution in [3.63, 3.8) is 0 Å². The fraction of sp³-hybridized carbons (Fsp3) is 0.632. The molecular weight excluding hydrogens is 340 g/mol. The number of aryl methyl sites for hydroxylation is 1. The molecule has 0 saturated heterocycles. The Labute approximate surface area is 157 Å². The lowest BCUT2D eigenvalue weighted by Crippen LogP contribution is -2.36. The van der Waals surface area contributed by atoms with Crippen LogP contribution in [0.1, 0.15) is 44.1 Å². The van der Waals surface area contributed by atoms with Crippen LogP contribution in [-0.2, 0) is 9.53 Å². The lowest BCUT2D eigenvalue weighted by Gasteiger charge is -2.35. The molecule has 1 fully saturated rings. The highest BCUT2D eigenvalue weighted by Gasteiger charge is 2.33. The third-order valence-corrected chi connectivity index (χ3v) is 4.91. The molecule has 142 valence electrons. The van der Waals surface area contributed by atoms with Gasteiger partial charge in [0.2, 0.25) is 5.91 Å². The van der Waals surface area contributed by atoms with Gasteiger partial charge in [-0.15, -0.1) is 12.4 Å². The van der Waals surface area contributed by atoms with Crippen LogP contribution in [0.25, 0.3) is 0 Å². The molecular formula is C19H31ClN2O3. The summed E-state index contributed by atoms with van der Waals surface area (Å²) in [5.74, 6) is 0.840. The number of methoxy groups -OCH3 is 1. The minimum absolute atomic E-state index is 0. The molecule has 1 amide bonds. The molecule has 0 aromatic heterocycles. The van der Waals surface area contributed by atoms with E-state index in [-0.39, 0.29) is 23.7 Å². The van der Waals surface area contributed by atoms with Crippen molar-refractivity contribution in [2.24, 2.45) is 11.1 Å². The Morgan fingerprint density at radius 1 is 1.24 bits per heavy atom. The molecule has 1 aromatic rings. The molecule has 1 aliphatic rings. The maximum atomic E-state index is 12.5. The molecule has 0 spiro atoms. The van der Waals surface area contributed by atoms with Gasteiger partial charge in [-0.1, -0.05) is 19.3 Å². The van der Waals surface area contributed by atoms with Crippen LogP contribution in [0.5, 0.6) is 5.75 Å². The van der Waals surface area contributed by atoms with Crippen molar-refractivity contribution in [3.05, 3.63) is 23.8 Å². The predicted octanol–water partition coefficient (Wildman–Crippen LogP) is 3.68. The topological polar surface area (TPSA) is 73.6 Å². The molecule has 0 unspecified atom stereocenters. The first-order valence-corrected chi connectivity index (χ1v) is 8.81. The van der Waals surface area contributed by atoms with Gasteiger partial charge in [0.25, 0.3) is 0 Å². The maximum Gasteiger partial charge on any atom is 0.224 e. The van der Waals surface area contributed by atoms with Crippen LogP contribution >= 0.6 is 12.4 Å². The quantitative estimate of drug-likeness (QED) is 0.684. The number of amides is 1. The van der Waals surface area contributed by atoms with E-state index in [1.165, 1.54) is 19.3 Å². The highest BCUT2D eigenvalue weighted by molar-refractivity contribution is 5.92. The molecule has 0 heterocycles. The molecule has 0 aliphatic heterocycles. The monoisotopic (exact) mass is 370 g/mol. The second kappa shape index (κ2) is 10.6. The number of nitrogens with two attached hydrogens (primary N) is 1. The lowest BCUT2D eigenvalue weighted by atomic mass is 9.71. The Kier molecular flexibility index (Phi) is 9.25. The van der Waals surface area contributed by atoms with Crippen molar-refractivity contribution < 1.29 is 14.3 Å². The molecule has 0 bridgehead atoms. The first kappa shape index (κ1) is 21.7. The highest BCUT2D eigenvalue weighted by atomic mass is 35.5. The summed E-state index contributed by atoms with van der Waals surface area (Å²) in [6, 6.07) is 5.70. The number of hydrogen-bond donors (Lipinski definition) is 2. The number of carbonyl (C=O) groups excluding carboxylic acids is 1. The highest BCUT2D eigenvalue weighted by Crippen LogP contribution is 2.38. The largest absolute Gasteiger partial charge is 0.491 e. The van der Waals surface area contributed by atoms with E-state index in [2.05, 4.69) is 5.32 Å². The Morgan fingerprint density at radius 2 is 1.96 bits per heavy atom. The van der Waals surface area contributed by atoms with Gasteiger partial charge in [-0.05, 0) is 55.5 Å². The molecule has 6 heteroatoms. The molecule has 0 radical (unpaired) electrons. The number of ether oxygens (including phenoxy) is 2. The summed E-state index contributed by atoms with van der Waals surface area (Å²) in [7, 11) is 1.65. The Balaban J connectivity index is 0.00000312. The molecule has 0 atom stereocenters. The van der Waals surface area contributed by atoms with Crippen molar-refractivity contribution in [1.29, 1.82) is 0 Å². The average molecular weight is 371 g/mol. The van der Waals surface area contributed by atoms with Gasteiger partial charge in [-0.3, -0.25) is 4.79 Å². The molecule has 25 heavy (non-hydrogen) atoms. The van der Waals surface area contributed by atoms with E-state index in [1.54, 1.807) is 7.11 Å². The minimum atomic E-state index is -0.0144. The van der Waals surface area contributed by atoms with Gasteiger partial charge < -0.3 is 20.5 Å². The van der Waals surface area contributed by atoms with Gasteiger partial charge in [0.05, 0.1) is 6.61 Å². The number of carbonyl (C=O) groups is 1. The van der Waals surface area contributed by atoms with Crippen molar-refractivity contribution in [3.8, 4) is 5.75 Å². The molecule has 3 N–H and O–H groups in total. The van der Waals surface area contributed by atoms with Gasteiger partial charge >= 0.3 is 0 Å². The Bertz CT molecular complexity index is 545. The van der Waals surface area contributed by atoms with Crippen molar-refractivity contribution >= 4 is 24.0 Å². The first-order chi connectivity index (χ1) is 11.6. The number of rotatable bonds is 8. The summed E-state index contributed by atoms with van der Waals surface area (Å²) in [6.45, 7) is 3.63. The van der Waals surface area contributed by atoms with Gasteiger partial charge in [0.1, 0.15) is 12.4 Å². The molecule has 1 aromatic carbocycles. The van der Waals surface area contributed by atoms with Crippen LogP contribution in [0.4, 0.5) is 5.69 Å². The summed E-state index contributed by atoms with van der Waals surface area (Å²) in [4.78, 5) is 12.5. The van der Waals surface area contributed by atoms with Gasteiger partial charge in [-0.25, -0.2) is 0 Å². The second-order valence-electron chi connectivity index (χ2n) is 6.81. The molecule has 1 saturated carbocycles. The standard InChI is InChI=1S/C19H30N2O3.ClH/c1-15-12-16(24-11-10-23-2)6-7-17(15)21-18(22)13-19(14-20)8-4-3-5-9-19;/h6-7,12H,3-5,8-11,13-14,20H2,1-2H3,(H,21,22);1H. The number of nitrogens with one attached hydrogen (secondary N) is 1. The summed E-state index contributed by atoms with van der Waals surface area (Å²) in [5.41, 5.74) is 7.79. The minimum Gasteiger partial charge on any atom is -0.491 e. The van der Waals surface area contributed by atoms with E-state index in [9.17, 15) is 4.79 Å². The predicted molar refractivity (Wildman–Crippen MR) is 104 cm³/mol. The number of benzene rings is 1. The number of hydrogen-bond acceptors (Lipinski definition) is 4. The zero-order valence-electron chi connectivity index (χ0n) is 15.3. The summed E-state index contributed by atoms with van der Waals surface area (Å²) < 4.78 is 10.6. The normalized spacial score (nSPS) is 16.0. The zero-order valence-corrected chi connectivity index (χ0v) is 16.1. The molecule has 2 rings (SSSR count). The van der Waals surface area contributed by atoms with E-state index in [4.69, 9.17) is 15.2 Å². The van der Waals surface area contributed by atoms with E-state index >= 15 is 0 Å². The van der Waals surface area contributed by atoms with Gasteiger partial charge in [0.15, 0.2) is 0 Å². The fourth-order valence-electron chi connectivity index (χ4n) is 3.40. The SMILES string of the molecule is COCCOc1ccc(NC(=O)CC2(CN)CCCCC2)c(C)c1.Cl. The number of halogens is 1. The lowest BCUT2D eigenvalue weighted by molar-refractivity contribution is -0.118. The first-order valence-electron chi connectivity index (χ1n) is 8.81. The third kappa shape index (κ3) is 6.49. The van der Waals surface area contributed by atoms with Crippen LogP contribution in [0, 0.1) is 12.3 Å². The second-order valence-corrected chi connectivity index (χ2v) is 6.81. The van der Waals surface area contributed by atoms with Crippen LogP contribution in [0.15, 0.2) is 18.2 Å². The zero-order chi connectivity index (χ0) is 17.4. The van der Waals surface area contributed by atoms with E-state index in [1.807, 2.05) is 25.1 Å². The van der Waals surface area contributed by atoms with Gasteiger partial charge in [-0.2, -0.15) is 0 Å². The van der Waals surface area contributed by atoms with Crippen molar-refractivity contribution in [2.75, 3.05) is 32.2 Å².